The first-order valence-electron chi connectivity index (χ1n) is 5.01. The number of carbonyl (C=O) groups excluding carboxylic acids is 1. The van der Waals surface area contributed by atoms with Crippen LogP contribution in [0.5, 0.6) is 11.5 Å². The van der Waals surface area contributed by atoms with Gasteiger partial charge < -0.3 is 15.5 Å². The number of amides is 1. The van der Waals surface area contributed by atoms with E-state index in [1.807, 2.05) is 0 Å². The molecule has 1 aromatic carbocycles. The maximum atomic E-state index is 11.9. The lowest BCUT2D eigenvalue weighted by Gasteiger charge is -2.07. The lowest BCUT2D eigenvalue weighted by molar-refractivity contribution is 0.102. The van der Waals surface area contributed by atoms with Gasteiger partial charge in [-0.05, 0) is 40.2 Å². The molecule has 0 radical (unpaired) electrons. The molecule has 2 aromatic rings. The highest BCUT2D eigenvalue weighted by Crippen LogP contribution is 2.23. The van der Waals surface area contributed by atoms with Crippen molar-refractivity contribution in [3.63, 3.8) is 0 Å². The Balaban J connectivity index is 2.25. The van der Waals surface area contributed by atoms with Crippen molar-refractivity contribution in [1.82, 2.24) is 4.98 Å². The number of nitrogens with one attached hydrogen (secondary N) is 1. The molecule has 5 nitrogen and oxygen atoms in total. The minimum absolute atomic E-state index is 0.156. The van der Waals surface area contributed by atoms with Crippen LogP contribution in [0.4, 0.5) is 5.69 Å². The number of benzene rings is 1. The molecule has 0 atom stereocenters. The van der Waals surface area contributed by atoms with E-state index >= 15 is 0 Å². The van der Waals surface area contributed by atoms with Gasteiger partial charge in [0.15, 0.2) is 0 Å². The fourth-order valence-electron chi connectivity index (χ4n) is 1.40. The van der Waals surface area contributed by atoms with Crippen molar-refractivity contribution in [2.75, 3.05) is 5.32 Å². The topological polar surface area (TPSA) is 82.5 Å². The van der Waals surface area contributed by atoms with Gasteiger partial charge in [0.05, 0.1) is 5.69 Å². The second-order valence-corrected chi connectivity index (χ2v) is 4.29. The fraction of sp³-hybridized carbons (Fsp3) is 0. The van der Waals surface area contributed by atoms with Crippen molar-refractivity contribution in [3.8, 4) is 11.5 Å². The number of phenols is 2. The molecule has 2 rings (SSSR count). The van der Waals surface area contributed by atoms with Crippen LogP contribution in [0.2, 0.25) is 0 Å². The lowest BCUT2D eigenvalue weighted by Crippen LogP contribution is -2.12. The van der Waals surface area contributed by atoms with Gasteiger partial charge in [-0.25, -0.2) is 4.98 Å². The summed E-state index contributed by atoms with van der Waals surface area (Å²) in [6.45, 7) is 0. The van der Waals surface area contributed by atoms with Crippen LogP contribution in [-0.2, 0) is 0 Å². The summed E-state index contributed by atoms with van der Waals surface area (Å²) < 4.78 is 0.503. The third-order valence-electron chi connectivity index (χ3n) is 2.17. The molecular weight excluding hydrogens is 300 g/mol. The Labute approximate surface area is 111 Å². The van der Waals surface area contributed by atoms with Crippen LogP contribution in [0.3, 0.4) is 0 Å². The number of aromatic hydroxyl groups is 2. The summed E-state index contributed by atoms with van der Waals surface area (Å²) in [6, 6.07) is 7.04. The maximum absolute atomic E-state index is 11.9. The van der Waals surface area contributed by atoms with E-state index in [-0.39, 0.29) is 17.1 Å². The predicted molar refractivity (Wildman–Crippen MR) is 69.7 cm³/mol. The SMILES string of the molecule is O=C(Nc1cccnc1Br)c1cc(O)cc(O)c1. The first-order valence-corrected chi connectivity index (χ1v) is 5.80. The molecule has 6 heteroatoms. The van der Waals surface area contributed by atoms with E-state index in [1.54, 1.807) is 18.3 Å². The first kappa shape index (κ1) is 12.4. The molecule has 0 aliphatic rings. The van der Waals surface area contributed by atoms with Crippen LogP contribution < -0.4 is 5.32 Å². The van der Waals surface area contributed by atoms with Gasteiger partial charge in [0.1, 0.15) is 16.1 Å². The predicted octanol–water partition coefficient (Wildman–Crippen LogP) is 2.51. The second-order valence-electron chi connectivity index (χ2n) is 3.53. The summed E-state index contributed by atoms with van der Waals surface area (Å²) in [5, 5.41) is 21.2. The van der Waals surface area contributed by atoms with Crippen molar-refractivity contribution >= 4 is 27.5 Å². The molecular formula is C12H9BrN2O3. The van der Waals surface area contributed by atoms with E-state index < -0.39 is 5.91 Å². The summed E-state index contributed by atoms with van der Waals surface area (Å²) in [5.74, 6) is -0.800. The van der Waals surface area contributed by atoms with Gasteiger partial charge in [-0.3, -0.25) is 4.79 Å². The Hall–Kier alpha value is -2.08. The molecule has 1 heterocycles. The number of halogens is 1. The lowest BCUT2D eigenvalue weighted by atomic mass is 10.2. The highest BCUT2D eigenvalue weighted by Gasteiger charge is 2.10. The Morgan fingerprint density at radius 1 is 1.22 bits per heavy atom. The van der Waals surface area contributed by atoms with Crippen molar-refractivity contribution in [2.24, 2.45) is 0 Å². The third kappa shape index (κ3) is 2.78. The van der Waals surface area contributed by atoms with E-state index in [2.05, 4.69) is 26.2 Å². The molecule has 3 N–H and O–H groups in total. The maximum Gasteiger partial charge on any atom is 0.256 e. The molecule has 1 aromatic heterocycles. The van der Waals surface area contributed by atoms with E-state index in [0.717, 1.165) is 6.07 Å². The van der Waals surface area contributed by atoms with E-state index in [0.29, 0.717) is 10.3 Å². The summed E-state index contributed by atoms with van der Waals surface area (Å²) >= 11 is 3.20. The number of rotatable bonds is 2. The van der Waals surface area contributed by atoms with Gasteiger partial charge in [0.2, 0.25) is 0 Å². The van der Waals surface area contributed by atoms with Gasteiger partial charge in [-0.1, -0.05) is 0 Å². The van der Waals surface area contributed by atoms with Gasteiger partial charge in [-0.15, -0.1) is 0 Å². The van der Waals surface area contributed by atoms with Crippen molar-refractivity contribution < 1.29 is 15.0 Å². The van der Waals surface area contributed by atoms with E-state index in [1.165, 1.54) is 12.1 Å². The highest BCUT2D eigenvalue weighted by atomic mass is 79.9. The largest absolute Gasteiger partial charge is 0.508 e. The molecule has 0 bridgehead atoms. The summed E-state index contributed by atoms with van der Waals surface area (Å²) in [6.07, 6.45) is 1.58. The van der Waals surface area contributed by atoms with Gasteiger partial charge >= 0.3 is 0 Å². The molecule has 0 spiro atoms. The molecule has 0 fully saturated rings. The van der Waals surface area contributed by atoms with Crippen molar-refractivity contribution in [3.05, 3.63) is 46.7 Å². The Morgan fingerprint density at radius 2 is 1.89 bits per heavy atom. The number of hydrogen-bond acceptors (Lipinski definition) is 4. The van der Waals surface area contributed by atoms with Gasteiger partial charge in [0, 0.05) is 17.8 Å². The average Bonchev–Trinajstić information content (AvgIpc) is 2.31. The van der Waals surface area contributed by atoms with Gasteiger partial charge in [-0.2, -0.15) is 0 Å². The standard InChI is InChI=1S/C12H9BrN2O3/c13-11-10(2-1-3-14-11)15-12(18)7-4-8(16)6-9(17)5-7/h1-6,16-17H,(H,15,18). The van der Waals surface area contributed by atoms with Crippen LogP contribution in [-0.4, -0.2) is 21.1 Å². The first-order chi connectivity index (χ1) is 8.56. The fourth-order valence-corrected chi connectivity index (χ4v) is 1.75. The number of phenolic OH excluding ortho intramolecular Hbond substituents is 2. The Bertz CT molecular complexity index is 581. The average molecular weight is 309 g/mol. The summed E-state index contributed by atoms with van der Waals surface area (Å²) in [7, 11) is 0. The zero-order chi connectivity index (χ0) is 13.1. The Kier molecular flexibility index (Phi) is 3.47. The quantitative estimate of drug-likeness (QED) is 0.744. The number of aromatic nitrogens is 1. The molecule has 0 unspecified atom stereocenters. The van der Waals surface area contributed by atoms with Crippen molar-refractivity contribution in [1.29, 1.82) is 0 Å². The summed E-state index contributed by atoms with van der Waals surface area (Å²) in [5.41, 5.74) is 0.661. The monoisotopic (exact) mass is 308 g/mol. The Morgan fingerprint density at radius 3 is 2.50 bits per heavy atom. The van der Waals surface area contributed by atoms with Crippen molar-refractivity contribution in [2.45, 2.75) is 0 Å². The minimum atomic E-state index is -0.449. The van der Waals surface area contributed by atoms with Crippen LogP contribution in [0, 0.1) is 0 Å². The van der Waals surface area contributed by atoms with Crippen LogP contribution in [0.1, 0.15) is 10.4 Å². The normalized spacial score (nSPS) is 10.1. The van der Waals surface area contributed by atoms with Crippen LogP contribution >= 0.6 is 15.9 Å². The molecule has 92 valence electrons. The van der Waals surface area contributed by atoms with Gasteiger partial charge in [0.25, 0.3) is 5.91 Å². The zero-order valence-electron chi connectivity index (χ0n) is 9.09. The second kappa shape index (κ2) is 5.05. The van der Waals surface area contributed by atoms with Crippen LogP contribution in [0.25, 0.3) is 0 Å². The number of carbonyl (C=O) groups is 1. The number of nitrogens with zero attached hydrogens (tertiary/aromatic N) is 1. The number of anilines is 1. The molecule has 0 aliphatic heterocycles. The minimum Gasteiger partial charge on any atom is -0.508 e. The zero-order valence-corrected chi connectivity index (χ0v) is 10.7. The third-order valence-corrected chi connectivity index (χ3v) is 2.80. The molecule has 1 amide bonds. The highest BCUT2D eigenvalue weighted by molar-refractivity contribution is 9.10. The van der Waals surface area contributed by atoms with E-state index in [4.69, 9.17) is 0 Å². The van der Waals surface area contributed by atoms with Crippen LogP contribution in [0.15, 0.2) is 41.1 Å². The molecule has 18 heavy (non-hydrogen) atoms. The smallest absolute Gasteiger partial charge is 0.256 e. The molecule has 0 aliphatic carbocycles. The molecule has 0 saturated carbocycles. The van der Waals surface area contributed by atoms with E-state index in [9.17, 15) is 15.0 Å². The number of hydrogen-bond donors (Lipinski definition) is 3. The number of pyridine rings is 1. The molecule has 0 saturated heterocycles. The summed E-state index contributed by atoms with van der Waals surface area (Å²) in [4.78, 5) is 15.9.